The van der Waals surface area contributed by atoms with E-state index in [-0.39, 0.29) is 13.2 Å². The van der Waals surface area contributed by atoms with E-state index in [0.29, 0.717) is 11.5 Å². The van der Waals surface area contributed by atoms with E-state index in [4.69, 9.17) is 0 Å². The molecule has 15 heavy (non-hydrogen) atoms. The number of hydrogen-bond acceptors (Lipinski definition) is 7. The van der Waals surface area contributed by atoms with E-state index in [0.717, 1.165) is 0 Å². The third kappa shape index (κ3) is 7.52. The van der Waals surface area contributed by atoms with Crippen molar-refractivity contribution in [2.75, 3.05) is 24.7 Å². The van der Waals surface area contributed by atoms with Crippen LogP contribution in [0.4, 0.5) is 0 Å². The first-order valence-electron chi connectivity index (χ1n) is 4.33. The van der Waals surface area contributed by atoms with Gasteiger partial charge >= 0.3 is 11.9 Å². The fourth-order valence-corrected chi connectivity index (χ4v) is 0.885. The SMILES string of the molecule is O=C(CC(O)C(=O)OCCS)OCCS. The molecule has 0 aliphatic heterocycles. The van der Waals surface area contributed by atoms with Gasteiger partial charge in [0.25, 0.3) is 0 Å². The zero-order chi connectivity index (χ0) is 11.7. The number of hydrogen-bond donors (Lipinski definition) is 3. The average molecular weight is 254 g/mol. The number of ether oxygens (including phenoxy) is 2. The summed E-state index contributed by atoms with van der Waals surface area (Å²) in [6.07, 6.45) is -1.88. The van der Waals surface area contributed by atoms with Crippen molar-refractivity contribution in [2.45, 2.75) is 12.5 Å². The Labute approximate surface area is 98.9 Å². The van der Waals surface area contributed by atoms with Crippen LogP contribution in [0, 0.1) is 0 Å². The minimum absolute atomic E-state index is 0.102. The summed E-state index contributed by atoms with van der Waals surface area (Å²) in [6.45, 7) is 0.255. The van der Waals surface area contributed by atoms with Crippen LogP contribution in [0.25, 0.3) is 0 Å². The van der Waals surface area contributed by atoms with Gasteiger partial charge in [-0.05, 0) is 0 Å². The molecule has 0 aliphatic rings. The molecule has 88 valence electrons. The Morgan fingerprint density at radius 2 is 1.67 bits per heavy atom. The number of carbonyl (C=O) groups is 2. The summed E-state index contributed by atoms with van der Waals surface area (Å²) in [6, 6.07) is 0. The molecule has 0 aromatic carbocycles. The molecule has 0 bridgehead atoms. The van der Waals surface area contributed by atoms with Crippen molar-refractivity contribution in [3.05, 3.63) is 0 Å². The second kappa shape index (κ2) is 8.87. The number of rotatable bonds is 7. The Morgan fingerprint density at radius 1 is 1.13 bits per heavy atom. The highest BCUT2D eigenvalue weighted by molar-refractivity contribution is 7.80. The lowest BCUT2D eigenvalue weighted by molar-refractivity contribution is -0.159. The van der Waals surface area contributed by atoms with Crippen LogP contribution in [0.3, 0.4) is 0 Å². The van der Waals surface area contributed by atoms with Crippen LogP contribution in [-0.2, 0) is 19.1 Å². The first-order valence-corrected chi connectivity index (χ1v) is 5.60. The molecule has 0 aliphatic carbocycles. The first-order chi connectivity index (χ1) is 7.11. The van der Waals surface area contributed by atoms with Crippen molar-refractivity contribution in [3.63, 3.8) is 0 Å². The van der Waals surface area contributed by atoms with Gasteiger partial charge in [-0.15, -0.1) is 0 Å². The van der Waals surface area contributed by atoms with Gasteiger partial charge in [0.2, 0.25) is 0 Å². The fraction of sp³-hybridized carbons (Fsp3) is 0.750. The van der Waals surface area contributed by atoms with Crippen molar-refractivity contribution in [1.82, 2.24) is 0 Å². The van der Waals surface area contributed by atoms with E-state index in [9.17, 15) is 14.7 Å². The number of aliphatic hydroxyl groups excluding tert-OH is 1. The molecule has 0 aromatic rings. The highest BCUT2D eigenvalue weighted by Gasteiger charge is 2.20. The van der Waals surface area contributed by atoms with E-state index >= 15 is 0 Å². The largest absolute Gasteiger partial charge is 0.465 e. The maximum atomic E-state index is 11.0. The van der Waals surface area contributed by atoms with E-state index < -0.39 is 24.5 Å². The summed E-state index contributed by atoms with van der Waals surface area (Å²) in [7, 11) is 0. The number of thiol groups is 2. The maximum absolute atomic E-state index is 11.0. The molecular formula is C8H14O5S2. The highest BCUT2D eigenvalue weighted by Crippen LogP contribution is 1.98. The van der Waals surface area contributed by atoms with Gasteiger partial charge in [0, 0.05) is 11.5 Å². The lowest BCUT2D eigenvalue weighted by atomic mass is 10.2. The quantitative estimate of drug-likeness (QED) is 0.429. The molecule has 1 unspecified atom stereocenters. The van der Waals surface area contributed by atoms with Crippen LogP contribution < -0.4 is 0 Å². The van der Waals surface area contributed by atoms with E-state index in [1.807, 2.05) is 0 Å². The van der Waals surface area contributed by atoms with Crippen molar-refractivity contribution in [3.8, 4) is 0 Å². The second-order valence-corrected chi connectivity index (χ2v) is 3.45. The third-order valence-corrected chi connectivity index (χ3v) is 1.69. The molecule has 0 spiro atoms. The molecule has 0 saturated heterocycles. The molecule has 1 atom stereocenters. The summed E-state index contributed by atoms with van der Waals surface area (Å²) in [5.74, 6) is -0.736. The average Bonchev–Trinajstić information content (AvgIpc) is 2.22. The van der Waals surface area contributed by atoms with E-state index in [2.05, 4.69) is 34.7 Å². The number of carbonyl (C=O) groups excluding carboxylic acids is 2. The van der Waals surface area contributed by atoms with Crippen molar-refractivity contribution < 1.29 is 24.2 Å². The lowest BCUT2D eigenvalue weighted by Gasteiger charge is -2.09. The number of esters is 2. The predicted octanol–water partition coefficient (Wildman–Crippen LogP) is -0.317. The van der Waals surface area contributed by atoms with Crippen LogP contribution in [0.1, 0.15) is 6.42 Å². The molecule has 0 heterocycles. The van der Waals surface area contributed by atoms with Crippen LogP contribution >= 0.6 is 25.3 Å². The Morgan fingerprint density at radius 3 is 2.20 bits per heavy atom. The fourth-order valence-electron chi connectivity index (χ4n) is 0.702. The van der Waals surface area contributed by atoms with Crippen LogP contribution in [0.2, 0.25) is 0 Å². The molecule has 0 rings (SSSR count). The first kappa shape index (κ1) is 14.6. The molecule has 0 saturated carbocycles. The normalized spacial score (nSPS) is 11.9. The molecule has 1 N–H and O–H groups in total. The standard InChI is InChI=1S/C8H14O5S2/c9-6(8(11)13-2-4-15)5-7(10)12-1-3-14/h6,9,14-15H,1-5H2. The Balaban J connectivity index is 3.75. The van der Waals surface area contributed by atoms with Crippen LogP contribution in [0.15, 0.2) is 0 Å². The Hall–Kier alpha value is -0.400. The summed E-state index contributed by atoms with van der Waals surface area (Å²) in [5.41, 5.74) is 0. The van der Waals surface area contributed by atoms with Gasteiger partial charge in [-0.2, -0.15) is 25.3 Å². The topological polar surface area (TPSA) is 72.8 Å². The zero-order valence-electron chi connectivity index (χ0n) is 8.09. The summed E-state index contributed by atoms with van der Waals surface area (Å²) in [5, 5.41) is 9.19. The minimum Gasteiger partial charge on any atom is -0.465 e. The van der Waals surface area contributed by atoms with Gasteiger partial charge in [-0.3, -0.25) is 4.79 Å². The second-order valence-electron chi connectivity index (χ2n) is 2.56. The minimum atomic E-state index is -1.47. The summed E-state index contributed by atoms with van der Waals surface area (Å²) in [4.78, 5) is 21.9. The maximum Gasteiger partial charge on any atom is 0.335 e. The predicted molar refractivity (Wildman–Crippen MR) is 60.2 cm³/mol. The third-order valence-electron chi connectivity index (χ3n) is 1.32. The molecule has 7 heteroatoms. The monoisotopic (exact) mass is 254 g/mol. The number of aliphatic hydroxyl groups is 1. The van der Waals surface area contributed by atoms with Crippen molar-refractivity contribution in [1.29, 1.82) is 0 Å². The van der Waals surface area contributed by atoms with E-state index in [1.165, 1.54) is 0 Å². The molecule has 0 aromatic heterocycles. The summed E-state index contributed by atoms with van der Waals surface area (Å²) >= 11 is 7.65. The molecule has 0 fully saturated rings. The molecule has 0 amide bonds. The smallest absolute Gasteiger partial charge is 0.335 e. The van der Waals surface area contributed by atoms with Crippen molar-refractivity contribution >= 4 is 37.2 Å². The Bertz CT molecular complexity index is 209. The summed E-state index contributed by atoms with van der Waals surface area (Å²) < 4.78 is 9.19. The van der Waals surface area contributed by atoms with Gasteiger partial charge in [-0.25, -0.2) is 4.79 Å². The van der Waals surface area contributed by atoms with Gasteiger partial charge in [0.05, 0.1) is 6.42 Å². The van der Waals surface area contributed by atoms with Crippen molar-refractivity contribution in [2.24, 2.45) is 0 Å². The van der Waals surface area contributed by atoms with Crippen LogP contribution in [-0.4, -0.2) is 47.9 Å². The highest BCUT2D eigenvalue weighted by atomic mass is 32.1. The molecule has 5 nitrogen and oxygen atoms in total. The van der Waals surface area contributed by atoms with Gasteiger partial charge in [-0.1, -0.05) is 0 Å². The van der Waals surface area contributed by atoms with E-state index in [1.54, 1.807) is 0 Å². The van der Waals surface area contributed by atoms with Crippen LogP contribution in [0.5, 0.6) is 0 Å². The van der Waals surface area contributed by atoms with Gasteiger partial charge in [0.15, 0.2) is 6.10 Å². The lowest BCUT2D eigenvalue weighted by Crippen LogP contribution is -2.27. The van der Waals surface area contributed by atoms with Gasteiger partial charge in [0.1, 0.15) is 13.2 Å². The Kier molecular flexibility index (Phi) is 8.64. The molecular weight excluding hydrogens is 240 g/mol. The molecule has 0 radical (unpaired) electrons. The zero-order valence-corrected chi connectivity index (χ0v) is 9.88. The van der Waals surface area contributed by atoms with Gasteiger partial charge < -0.3 is 14.6 Å².